The Morgan fingerprint density at radius 1 is 1.00 bits per heavy atom. The highest BCUT2D eigenvalue weighted by Crippen LogP contribution is 2.33. The van der Waals surface area contributed by atoms with Crippen LogP contribution in [0.25, 0.3) is 0 Å². The average molecular weight is 195 g/mol. The van der Waals surface area contributed by atoms with E-state index in [1.807, 2.05) is 0 Å². The van der Waals surface area contributed by atoms with Crippen molar-refractivity contribution in [2.45, 2.75) is 76.8 Å². The minimum absolute atomic E-state index is 0.474. The van der Waals surface area contributed by atoms with Crippen LogP contribution in [0.1, 0.15) is 65.2 Å². The van der Waals surface area contributed by atoms with Crippen molar-refractivity contribution in [1.82, 2.24) is 5.32 Å². The fraction of sp³-hybridized carbons (Fsp3) is 1.00. The summed E-state index contributed by atoms with van der Waals surface area (Å²) in [5.41, 5.74) is 0.474. The smallest absolute Gasteiger partial charge is 0.0156 e. The van der Waals surface area contributed by atoms with Crippen LogP contribution in [0, 0.1) is 5.92 Å². The third kappa shape index (κ3) is 2.50. The van der Waals surface area contributed by atoms with Gasteiger partial charge in [0, 0.05) is 11.6 Å². The Bertz CT molecular complexity index is 174. The lowest BCUT2D eigenvalue weighted by Gasteiger charge is -2.39. The monoisotopic (exact) mass is 195 g/mol. The molecular weight excluding hydrogens is 170 g/mol. The molecule has 0 aliphatic heterocycles. The SMILES string of the molecule is CC1CCC(C)(NC2CCCC2)CC1. The van der Waals surface area contributed by atoms with Gasteiger partial charge in [-0.1, -0.05) is 19.8 Å². The van der Waals surface area contributed by atoms with Gasteiger partial charge >= 0.3 is 0 Å². The zero-order valence-corrected chi connectivity index (χ0v) is 9.81. The van der Waals surface area contributed by atoms with Crippen LogP contribution in [0.5, 0.6) is 0 Å². The molecule has 1 heteroatoms. The van der Waals surface area contributed by atoms with Crippen molar-refractivity contribution in [3.05, 3.63) is 0 Å². The Balaban J connectivity index is 1.82. The second-order valence-corrected chi connectivity index (χ2v) is 5.87. The first-order valence-corrected chi connectivity index (χ1v) is 6.46. The number of rotatable bonds is 2. The van der Waals surface area contributed by atoms with Gasteiger partial charge in [-0.05, 0) is 51.4 Å². The van der Waals surface area contributed by atoms with Crippen LogP contribution >= 0.6 is 0 Å². The van der Waals surface area contributed by atoms with Crippen LogP contribution in [-0.4, -0.2) is 11.6 Å². The zero-order valence-electron chi connectivity index (χ0n) is 9.81. The number of hydrogen-bond donors (Lipinski definition) is 1. The van der Waals surface area contributed by atoms with Crippen molar-refractivity contribution in [2.24, 2.45) is 5.92 Å². The highest BCUT2D eigenvalue weighted by molar-refractivity contribution is 4.91. The largest absolute Gasteiger partial charge is 0.309 e. The first-order valence-electron chi connectivity index (χ1n) is 6.46. The van der Waals surface area contributed by atoms with Gasteiger partial charge in [0.15, 0.2) is 0 Å². The standard InChI is InChI=1S/C13H25N/c1-11-7-9-13(2,10-8-11)14-12-5-3-4-6-12/h11-12,14H,3-10H2,1-2H3. The van der Waals surface area contributed by atoms with E-state index in [0.717, 1.165) is 12.0 Å². The minimum atomic E-state index is 0.474. The van der Waals surface area contributed by atoms with Gasteiger partial charge in [-0.3, -0.25) is 0 Å². The Labute approximate surface area is 88.7 Å². The summed E-state index contributed by atoms with van der Waals surface area (Å²) in [5.74, 6) is 0.966. The Morgan fingerprint density at radius 2 is 1.57 bits per heavy atom. The highest BCUT2D eigenvalue weighted by Gasteiger charge is 2.31. The van der Waals surface area contributed by atoms with E-state index in [-0.39, 0.29) is 0 Å². The van der Waals surface area contributed by atoms with E-state index in [2.05, 4.69) is 19.2 Å². The quantitative estimate of drug-likeness (QED) is 0.711. The molecule has 82 valence electrons. The third-order valence-corrected chi connectivity index (χ3v) is 4.29. The molecule has 0 bridgehead atoms. The fourth-order valence-corrected chi connectivity index (χ4v) is 3.11. The molecule has 0 heterocycles. The molecule has 0 spiro atoms. The first kappa shape index (κ1) is 10.5. The zero-order chi connectivity index (χ0) is 10.0. The summed E-state index contributed by atoms with van der Waals surface area (Å²) in [5, 5.41) is 3.91. The van der Waals surface area contributed by atoms with Crippen molar-refractivity contribution in [1.29, 1.82) is 0 Å². The van der Waals surface area contributed by atoms with E-state index in [1.165, 1.54) is 51.4 Å². The van der Waals surface area contributed by atoms with Crippen LogP contribution in [0.2, 0.25) is 0 Å². The second-order valence-electron chi connectivity index (χ2n) is 5.87. The van der Waals surface area contributed by atoms with Crippen molar-refractivity contribution in [2.75, 3.05) is 0 Å². The molecule has 0 aromatic rings. The van der Waals surface area contributed by atoms with Crippen LogP contribution < -0.4 is 5.32 Å². The van der Waals surface area contributed by atoms with E-state index < -0.39 is 0 Å². The lowest BCUT2D eigenvalue weighted by atomic mass is 9.78. The topological polar surface area (TPSA) is 12.0 Å². The van der Waals surface area contributed by atoms with E-state index in [9.17, 15) is 0 Å². The van der Waals surface area contributed by atoms with Crippen LogP contribution in [0.4, 0.5) is 0 Å². The molecule has 2 rings (SSSR count). The van der Waals surface area contributed by atoms with Crippen molar-refractivity contribution >= 4 is 0 Å². The van der Waals surface area contributed by atoms with Gasteiger partial charge in [0.25, 0.3) is 0 Å². The van der Waals surface area contributed by atoms with Crippen molar-refractivity contribution in [3.8, 4) is 0 Å². The van der Waals surface area contributed by atoms with Gasteiger partial charge in [-0.25, -0.2) is 0 Å². The summed E-state index contributed by atoms with van der Waals surface area (Å²) in [4.78, 5) is 0. The molecule has 0 saturated heterocycles. The molecule has 0 radical (unpaired) electrons. The highest BCUT2D eigenvalue weighted by atomic mass is 15.0. The third-order valence-electron chi connectivity index (χ3n) is 4.29. The van der Waals surface area contributed by atoms with Crippen molar-refractivity contribution < 1.29 is 0 Å². The Morgan fingerprint density at radius 3 is 2.14 bits per heavy atom. The molecule has 0 atom stereocenters. The number of nitrogens with one attached hydrogen (secondary N) is 1. The minimum Gasteiger partial charge on any atom is -0.309 e. The van der Waals surface area contributed by atoms with E-state index in [4.69, 9.17) is 0 Å². The molecule has 2 aliphatic rings. The van der Waals surface area contributed by atoms with Crippen molar-refractivity contribution in [3.63, 3.8) is 0 Å². The van der Waals surface area contributed by atoms with Gasteiger partial charge in [-0.2, -0.15) is 0 Å². The van der Waals surface area contributed by atoms with Gasteiger partial charge in [0.05, 0.1) is 0 Å². The molecule has 1 nitrogen and oxygen atoms in total. The summed E-state index contributed by atoms with van der Waals surface area (Å²) in [6.45, 7) is 4.84. The molecule has 1 N–H and O–H groups in total. The molecular formula is C13H25N. The fourth-order valence-electron chi connectivity index (χ4n) is 3.11. The predicted molar refractivity (Wildman–Crippen MR) is 61.4 cm³/mol. The van der Waals surface area contributed by atoms with E-state index >= 15 is 0 Å². The van der Waals surface area contributed by atoms with Gasteiger partial charge in [0.1, 0.15) is 0 Å². The molecule has 2 aliphatic carbocycles. The van der Waals surface area contributed by atoms with E-state index in [1.54, 1.807) is 0 Å². The van der Waals surface area contributed by atoms with Gasteiger partial charge < -0.3 is 5.32 Å². The van der Waals surface area contributed by atoms with Gasteiger partial charge in [0.2, 0.25) is 0 Å². The maximum Gasteiger partial charge on any atom is 0.0156 e. The molecule has 0 aromatic heterocycles. The predicted octanol–water partition coefficient (Wildman–Crippen LogP) is 3.49. The average Bonchev–Trinajstić information content (AvgIpc) is 2.63. The first-order chi connectivity index (χ1) is 6.68. The molecule has 0 amide bonds. The summed E-state index contributed by atoms with van der Waals surface area (Å²) in [6.07, 6.45) is 11.4. The lowest BCUT2D eigenvalue weighted by Crippen LogP contribution is -2.49. The lowest BCUT2D eigenvalue weighted by molar-refractivity contribution is 0.195. The second kappa shape index (κ2) is 4.22. The number of hydrogen-bond acceptors (Lipinski definition) is 1. The van der Waals surface area contributed by atoms with Gasteiger partial charge in [-0.15, -0.1) is 0 Å². The Hall–Kier alpha value is -0.0400. The summed E-state index contributed by atoms with van der Waals surface area (Å²) < 4.78 is 0. The summed E-state index contributed by atoms with van der Waals surface area (Å²) >= 11 is 0. The molecule has 14 heavy (non-hydrogen) atoms. The molecule has 2 fully saturated rings. The van der Waals surface area contributed by atoms with E-state index in [0.29, 0.717) is 5.54 Å². The molecule has 0 unspecified atom stereocenters. The summed E-state index contributed by atoms with van der Waals surface area (Å²) in [6, 6.07) is 0.841. The molecule has 2 saturated carbocycles. The van der Waals surface area contributed by atoms with Crippen LogP contribution in [0.15, 0.2) is 0 Å². The van der Waals surface area contributed by atoms with Crippen LogP contribution in [-0.2, 0) is 0 Å². The maximum absolute atomic E-state index is 3.91. The normalized spacial score (nSPS) is 40.3. The molecule has 0 aromatic carbocycles. The van der Waals surface area contributed by atoms with Crippen LogP contribution in [0.3, 0.4) is 0 Å². The maximum atomic E-state index is 3.91. The Kier molecular flexibility index (Phi) is 3.16. The summed E-state index contributed by atoms with van der Waals surface area (Å²) in [7, 11) is 0.